The Labute approximate surface area is 97.1 Å². The monoisotopic (exact) mass is 226 g/mol. The van der Waals surface area contributed by atoms with Gasteiger partial charge < -0.3 is 15.4 Å². The molecule has 0 aromatic heterocycles. The van der Waals surface area contributed by atoms with Crippen LogP contribution in [0.15, 0.2) is 0 Å². The Morgan fingerprint density at radius 2 is 2.00 bits per heavy atom. The van der Waals surface area contributed by atoms with Crippen LogP contribution in [-0.4, -0.2) is 35.2 Å². The maximum Gasteiger partial charge on any atom is 0.410 e. The summed E-state index contributed by atoms with van der Waals surface area (Å²) < 4.78 is 5.41. The summed E-state index contributed by atoms with van der Waals surface area (Å²) in [6.07, 6.45) is 2.93. The predicted molar refractivity (Wildman–Crippen MR) is 62.0 cm³/mol. The van der Waals surface area contributed by atoms with E-state index < -0.39 is 5.60 Å². The minimum absolute atomic E-state index is 0.172. The largest absolute Gasteiger partial charge is 0.444 e. The third-order valence-corrected chi connectivity index (χ3v) is 3.57. The highest BCUT2D eigenvalue weighted by Gasteiger charge is 2.45. The highest BCUT2D eigenvalue weighted by atomic mass is 16.6. The second kappa shape index (κ2) is 3.91. The summed E-state index contributed by atoms with van der Waals surface area (Å²) >= 11 is 0. The van der Waals surface area contributed by atoms with Crippen LogP contribution >= 0.6 is 0 Å². The average molecular weight is 226 g/mol. The molecule has 0 bridgehead atoms. The number of carbonyl (C=O) groups is 1. The van der Waals surface area contributed by atoms with Crippen LogP contribution < -0.4 is 5.73 Å². The second-order valence-electron chi connectivity index (χ2n) is 5.93. The maximum absolute atomic E-state index is 12.0. The first-order valence-corrected chi connectivity index (χ1v) is 6.14. The van der Waals surface area contributed by atoms with Crippen LogP contribution in [0.25, 0.3) is 0 Å². The quantitative estimate of drug-likeness (QED) is 0.684. The van der Waals surface area contributed by atoms with Gasteiger partial charge in [-0.15, -0.1) is 0 Å². The number of hydrogen-bond acceptors (Lipinski definition) is 3. The Kier molecular flexibility index (Phi) is 2.86. The molecule has 0 aromatic carbocycles. The molecule has 4 nitrogen and oxygen atoms in total. The third-order valence-electron chi connectivity index (χ3n) is 3.57. The van der Waals surface area contributed by atoms with Gasteiger partial charge in [0.1, 0.15) is 5.60 Å². The van der Waals surface area contributed by atoms with E-state index in [1.54, 1.807) is 0 Å². The van der Waals surface area contributed by atoms with E-state index in [-0.39, 0.29) is 12.1 Å². The van der Waals surface area contributed by atoms with Gasteiger partial charge in [0.15, 0.2) is 0 Å². The number of hydrogen-bond donors (Lipinski definition) is 1. The zero-order chi connectivity index (χ0) is 11.9. The zero-order valence-electron chi connectivity index (χ0n) is 10.4. The second-order valence-corrected chi connectivity index (χ2v) is 5.93. The Hall–Kier alpha value is -0.770. The van der Waals surface area contributed by atoms with Crippen molar-refractivity contribution >= 4 is 6.09 Å². The lowest BCUT2D eigenvalue weighted by Crippen LogP contribution is -2.40. The van der Waals surface area contributed by atoms with E-state index >= 15 is 0 Å². The summed E-state index contributed by atoms with van der Waals surface area (Å²) in [7, 11) is 0. The normalized spacial score (nSPS) is 34.0. The van der Waals surface area contributed by atoms with Crippen molar-refractivity contribution in [2.24, 2.45) is 11.7 Å². The highest BCUT2D eigenvalue weighted by molar-refractivity contribution is 5.69. The van der Waals surface area contributed by atoms with E-state index in [1.165, 1.54) is 0 Å². The van der Waals surface area contributed by atoms with Crippen molar-refractivity contribution in [1.82, 2.24) is 4.90 Å². The van der Waals surface area contributed by atoms with Crippen LogP contribution in [0.5, 0.6) is 0 Å². The summed E-state index contributed by atoms with van der Waals surface area (Å²) in [5.74, 6) is 0.493. The summed E-state index contributed by atoms with van der Waals surface area (Å²) in [4.78, 5) is 13.9. The molecule has 0 radical (unpaired) electrons. The molecule has 2 rings (SSSR count). The van der Waals surface area contributed by atoms with Crippen LogP contribution in [0, 0.1) is 5.92 Å². The van der Waals surface area contributed by atoms with Gasteiger partial charge in [-0.25, -0.2) is 4.79 Å². The van der Waals surface area contributed by atoms with Crippen molar-refractivity contribution in [3.63, 3.8) is 0 Å². The van der Waals surface area contributed by atoms with Crippen LogP contribution in [0.3, 0.4) is 0 Å². The zero-order valence-corrected chi connectivity index (χ0v) is 10.4. The van der Waals surface area contributed by atoms with Crippen LogP contribution in [0.2, 0.25) is 0 Å². The first kappa shape index (κ1) is 11.7. The number of rotatable bonds is 0. The van der Waals surface area contributed by atoms with Crippen molar-refractivity contribution in [2.45, 2.75) is 57.7 Å². The Morgan fingerprint density at radius 1 is 1.31 bits per heavy atom. The fourth-order valence-corrected chi connectivity index (χ4v) is 2.87. The molecule has 2 fully saturated rings. The molecular weight excluding hydrogens is 204 g/mol. The van der Waals surface area contributed by atoms with Gasteiger partial charge in [0.25, 0.3) is 0 Å². The van der Waals surface area contributed by atoms with E-state index in [2.05, 4.69) is 0 Å². The van der Waals surface area contributed by atoms with E-state index in [1.807, 2.05) is 25.7 Å². The number of amides is 1. The lowest BCUT2D eigenvalue weighted by atomic mass is 10.0. The van der Waals surface area contributed by atoms with Crippen LogP contribution in [0.4, 0.5) is 4.79 Å². The van der Waals surface area contributed by atoms with Gasteiger partial charge >= 0.3 is 6.09 Å². The maximum atomic E-state index is 12.0. The number of nitrogens with two attached hydrogens (primary N) is 1. The van der Waals surface area contributed by atoms with Crippen molar-refractivity contribution < 1.29 is 9.53 Å². The Balaban J connectivity index is 1.99. The van der Waals surface area contributed by atoms with Gasteiger partial charge in [-0.3, -0.25) is 0 Å². The topological polar surface area (TPSA) is 55.6 Å². The fourth-order valence-electron chi connectivity index (χ4n) is 2.87. The summed E-state index contributed by atoms with van der Waals surface area (Å²) in [5, 5.41) is 0. The first-order valence-electron chi connectivity index (χ1n) is 6.14. The summed E-state index contributed by atoms with van der Waals surface area (Å²) in [6.45, 7) is 6.51. The smallest absolute Gasteiger partial charge is 0.410 e. The SMILES string of the molecule is CC(C)(C)OC(=O)N1CC[C@@H]2[C@@H](N)CC[C@@H]21. The molecule has 1 aliphatic carbocycles. The molecule has 1 heterocycles. The van der Waals surface area contributed by atoms with Gasteiger partial charge in [-0.1, -0.05) is 0 Å². The lowest BCUT2D eigenvalue weighted by Gasteiger charge is -2.28. The molecule has 1 aliphatic heterocycles. The third kappa shape index (κ3) is 2.17. The molecule has 3 atom stereocenters. The van der Waals surface area contributed by atoms with Gasteiger partial charge in [0, 0.05) is 18.6 Å². The highest BCUT2D eigenvalue weighted by Crippen LogP contribution is 2.37. The molecule has 16 heavy (non-hydrogen) atoms. The molecular formula is C12H22N2O2. The number of nitrogens with zero attached hydrogens (tertiary/aromatic N) is 1. The molecule has 0 aromatic rings. The minimum Gasteiger partial charge on any atom is -0.444 e. The van der Waals surface area contributed by atoms with E-state index in [0.29, 0.717) is 12.0 Å². The Morgan fingerprint density at radius 3 is 2.62 bits per heavy atom. The minimum atomic E-state index is -0.407. The standard InChI is InChI=1S/C12H22N2O2/c1-12(2,3)16-11(15)14-7-6-8-9(13)4-5-10(8)14/h8-10H,4-7,13H2,1-3H3/t8-,9+,10+/m1/s1. The molecule has 4 heteroatoms. The van der Waals surface area contributed by atoms with Gasteiger partial charge in [0.2, 0.25) is 0 Å². The summed E-state index contributed by atoms with van der Waals surface area (Å²) in [6, 6.07) is 0.599. The number of carbonyl (C=O) groups excluding carboxylic acids is 1. The molecule has 0 unspecified atom stereocenters. The van der Waals surface area contributed by atoms with Crippen molar-refractivity contribution in [3.05, 3.63) is 0 Å². The van der Waals surface area contributed by atoms with Crippen molar-refractivity contribution in [2.75, 3.05) is 6.54 Å². The molecule has 1 saturated carbocycles. The average Bonchev–Trinajstić information content (AvgIpc) is 2.66. The van der Waals surface area contributed by atoms with E-state index in [4.69, 9.17) is 10.5 Å². The molecule has 92 valence electrons. The molecule has 2 N–H and O–H groups in total. The number of likely N-dealkylation sites (tertiary alicyclic amines) is 1. The molecule has 1 amide bonds. The predicted octanol–water partition coefficient (Wildman–Crippen LogP) is 1.73. The number of fused-ring (bicyclic) bond motifs is 1. The summed E-state index contributed by atoms with van der Waals surface area (Å²) in [5.41, 5.74) is 5.62. The molecule has 1 saturated heterocycles. The van der Waals surface area contributed by atoms with E-state index in [0.717, 1.165) is 25.8 Å². The lowest BCUT2D eigenvalue weighted by molar-refractivity contribution is 0.0218. The van der Waals surface area contributed by atoms with Gasteiger partial charge in [-0.05, 0) is 46.0 Å². The molecule has 2 aliphatic rings. The van der Waals surface area contributed by atoms with Crippen molar-refractivity contribution in [3.8, 4) is 0 Å². The fraction of sp³-hybridized carbons (Fsp3) is 0.917. The van der Waals surface area contributed by atoms with Gasteiger partial charge in [0.05, 0.1) is 0 Å². The first-order chi connectivity index (χ1) is 7.38. The van der Waals surface area contributed by atoms with E-state index in [9.17, 15) is 4.79 Å². The van der Waals surface area contributed by atoms with Crippen molar-refractivity contribution in [1.29, 1.82) is 0 Å². The van der Waals surface area contributed by atoms with Crippen LogP contribution in [-0.2, 0) is 4.74 Å². The number of ether oxygens (including phenoxy) is 1. The Bertz CT molecular complexity index is 285. The van der Waals surface area contributed by atoms with Gasteiger partial charge in [-0.2, -0.15) is 0 Å². The molecule has 0 spiro atoms. The van der Waals surface area contributed by atoms with Crippen LogP contribution in [0.1, 0.15) is 40.0 Å².